The highest BCUT2D eigenvalue weighted by atomic mass is 15.3. The highest BCUT2D eigenvalue weighted by Gasteiger charge is 2.08. The molecule has 1 aromatic rings. The summed E-state index contributed by atoms with van der Waals surface area (Å²) in [6.45, 7) is 7.17. The van der Waals surface area contributed by atoms with E-state index in [1.165, 1.54) is 0 Å². The Morgan fingerprint density at radius 2 is 2.17 bits per heavy atom. The van der Waals surface area contributed by atoms with Gasteiger partial charge in [-0.25, -0.2) is 0 Å². The third-order valence-corrected chi connectivity index (χ3v) is 1.61. The largest absolute Gasteiger partial charge is 0.322 e. The molecule has 0 saturated heterocycles. The SMILES string of the molecule is CC(C)Cn1cnnc1[C@H](C)N. The van der Waals surface area contributed by atoms with Crippen LogP contribution in [0.25, 0.3) is 0 Å². The first-order valence-electron chi connectivity index (χ1n) is 4.24. The maximum absolute atomic E-state index is 5.71. The molecule has 0 spiro atoms. The quantitative estimate of drug-likeness (QED) is 0.731. The fourth-order valence-electron chi connectivity index (χ4n) is 1.15. The molecule has 0 aliphatic carbocycles. The van der Waals surface area contributed by atoms with Crippen LogP contribution in [-0.4, -0.2) is 14.8 Å². The standard InChI is InChI=1S/C8H16N4/c1-6(2)4-12-5-10-11-8(12)7(3)9/h5-7H,4,9H2,1-3H3/t7-/m0/s1. The minimum absolute atomic E-state index is 0.0359. The van der Waals surface area contributed by atoms with Crippen molar-refractivity contribution in [2.45, 2.75) is 33.4 Å². The van der Waals surface area contributed by atoms with E-state index in [2.05, 4.69) is 24.0 Å². The predicted molar refractivity (Wildman–Crippen MR) is 47.5 cm³/mol. The summed E-state index contributed by atoms with van der Waals surface area (Å²) < 4.78 is 2.01. The van der Waals surface area contributed by atoms with Crippen LogP contribution in [0.15, 0.2) is 6.33 Å². The van der Waals surface area contributed by atoms with Gasteiger partial charge in [0.25, 0.3) is 0 Å². The van der Waals surface area contributed by atoms with Gasteiger partial charge in [0, 0.05) is 6.54 Å². The van der Waals surface area contributed by atoms with Gasteiger partial charge in [-0.15, -0.1) is 10.2 Å². The van der Waals surface area contributed by atoms with Crippen molar-refractivity contribution < 1.29 is 0 Å². The van der Waals surface area contributed by atoms with E-state index in [-0.39, 0.29) is 6.04 Å². The van der Waals surface area contributed by atoms with Crippen LogP contribution in [0.4, 0.5) is 0 Å². The lowest BCUT2D eigenvalue weighted by molar-refractivity contribution is 0.495. The minimum atomic E-state index is -0.0359. The predicted octanol–water partition coefficient (Wildman–Crippen LogP) is 0.954. The molecule has 0 aliphatic rings. The normalized spacial score (nSPS) is 13.8. The monoisotopic (exact) mass is 168 g/mol. The summed E-state index contributed by atoms with van der Waals surface area (Å²) in [7, 11) is 0. The van der Waals surface area contributed by atoms with E-state index >= 15 is 0 Å². The number of nitrogens with two attached hydrogens (primary N) is 1. The Balaban J connectivity index is 2.77. The van der Waals surface area contributed by atoms with Crippen molar-refractivity contribution in [1.82, 2.24) is 14.8 Å². The summed E-state index contributed by atoms with van der Waals surface area (Å²) in [4.78, 5) is 0. The van der Waals surface area contributed by atoms with Gasteiger partial charge in [0.1, 0.15) is 12.2 Å². The Kier molecular flexibility index (Phi) is 2.81. The molecule has 1 heterocycles. The van der Waals surface area contributed by atoms with Crippen LogP contribution < -0.4 is 5.73 Å². The molecule has 4 nitrogen and oxygen atoms in total. The summed E-state index contributed by atoms with van der Waals surface area (Å²) in [6, 6.07) is -0.0359. The molecule has 1 atom stereocenters. The first-order chi connectivity index (χ1) is 5.61. The lowest BCUT2D eigenvalue weighted by Crippen LogP contribution is -2.15. The van der Waals surface area contributed by atoms with Gasteiger partial charge in [-0.3, -0.25) is 0 Å². The van der Waals surface area contributed by atoms with Gasteiger partial charge in [-0.2, -0.15) is 0 Å². The fraction of sp³-hybridized carbons (Fsp3) is 0.750. The van der Waals surface area contributed by atoms with E-state index in [0.29, 0.717) is 5.92 Å². The molecule has 1 rings (SSSR count). The zero-order chi connectivity index (χ0) is 9.14. The van der Waals surface area contributed by atoms with Crippen LogP contribution in [0.5, 0.6) is 0 Å². The topological polar surface area (TPSA) is 56.7 Å². The highest BCUT2D eigenvalue weighted by molar-refractivity contribution is 4.91. The van der Waals surface area contributed by atoms with Gasteiger partial charge in [-0.05, 0) is 12.8 Å². The zero-order valence-electron chi connectivity index (χ0n) is 7.86. The van der Waals surface area contributed by atoms with Crippen molar-refractivity contribution in [3.63, 3.8) is 0 Å². The Morgan fingerprint density at radius 1 is 1.50 bits per heavy atom. The molecule has 0 saturated carbocycles. The lowest BCUT2D eigenvalue weighted by Gasteiger charge is -2.10. The average Bonchev–Trinajstić information content (AvgIpc) is 2.33. The van der Waals surface area contributed by atoms with E-state index in [1.54, 1.807) is 6.33 Å². The van der Waals surface area contributed by atoms with E-state index in [9.17, 15) is 0 Å². The van der Waals surface area contributed by atoms with E-state index in [1.807, 2.05) is 11.5 Å². The molecule has 0 fully saturated rings. The van der Waals surface area contributed by atoms with Gasteiger partial charge in [0.05, 0.1) is 6.04 Å². The van der Waals surface area contributed by atoms with Gasteiger partial charge in [0.2, 0.25) is 0 Å². The molecular formula is C8H16N4. The summed E-state index contributed by atoms with van der Waals surface area (Å²) in [6.07, 6.45) is 1.73. The number of hydrogen-bond acceptors (Lipinski definition) is 3. The molecule has 1 aromatic heterocycles. The second-order valence-corrected chi connectivity index (χ2v) is 3.52. The Hall–Kier alpha value is -0.900. The second kappa shape index (κ2) is 3.67. The van der Waals surface area contributed by atoms with Crippen LogP contribution in [0.2, 0.25) is 0 Å². The second-order valence-electron chi connectivity index (χ2n) is 3.52. The molecule has 0 radical (unpaired) electrons. The molecular weight excluding hydrogens is 152 g/mol. The van der Waals surface area contributed by atoms with Crippen molar-refractivity contribution in [3.05, 3.63) is 12.2 Å². The van der Waals surface area contributed by atoms with Gasteiger partial charge in [-0.1, -0.05) is 13.8 Å². The van der Waals surface area contributed by atoms with Gasteiger partial charge in [0.15, 0.2) is 0 Å². The van der Waals surface area contributed by atoms with Crippen molar-refractivity contribution >= 4 is 0 Å². The van der Waals surface area contributed by atoms with E-state index in [4.69, 9.17) is 5.73 Å². The van der Waals surface area contributed by atoms with Crippen LogP contribution in [0, 0.1) is 5.92 Å². The lowest BCUT2D eigenvalue weighted by atomic mass is 10.2. The number of rotatable bonds is 3. The summed E-state index contributed by atoms with van der Waals surface area (Å²) in [5, 5.41) is 7.79. The maximum Gasteiger partial charge on any atom is 0.149 e. The highest BCUT2D eigenvalue weighted by Crippen LogP contribution is 2.07. The molecule has 2 N–H and O–H groups in total. The molecule has 12 heavy (non-hydrogen) atoms. The Bertz CT molecular complexity index is 239. The van der Waals surface area contributed by atoms with Crippen molar-refractivity contribution in [3.8, 4) is 0 Å². The molecule has 0 bridgehead atoms. The van der Waals surface area contributed by atoms with Crippen LogP contribution in [0.1, 0.15) is 32.6 Å². The van der Waals surface area contributed by atoms with Crippen LogP contribution in [0.3, 0.4) is 0 Å². The fourth-order valence-corrected chi connectivity index (χ4v) is 1.15. The molecule has 68 valence electrons. The number of nitrogens with zero attached hydrogens (tertiary/aromatic N) is 3. The van der Waals surface area contributed by atoms with Crippen molar-refractivity contribution in [1.29, 1.82) is 0 Å². The number of hydrogen-bond donors (Lipinski definition) is 1. The summed E-state index contributed by atoms with van der Waals surface area (Å²) in [5.41, 5.74) is 5.71. The molecule has 0 aromatic carbocycles. The Labute approximate surface area is 72.8 Å². The molecule has 4 heteroatoms. The zero-order valence-corrected chi connectivity index (χ0v) is 7.86. The first-order valence-corrected chi connectivity index (χ1v) is 4.24. The van der Waals surface area contributed by atoms with Gasteiger partial charge < -0.3 is 10.3 Å². The minimum Gasteiger partial charge on any atom is -0.322 e. The maximum atomic E-state index is 5.71. The third kappa shape index (κ3) is 2.04. The summed E-state index contributed by atoms with van der Waals surface area (Å²) in [5.74, 6) is 1.46. The van der Waals surface area contributed by atoms with Gasteiger partial charge >= 0.3 is 0 Å². The van der Waals surface area contributed by atoms with E-state index < -0.39 is 0 Å². The Morgan fingerprint density at radius 3 is 2.67 bits per heavy atom. The first kappa shape index (κ1) is 9.19. The number of aromatic nitrogens is 3. The van der Waals surface area contributed by atoms with Crippen LogP contribution >= 0.6 is 0 Å². The average molecular weight is 168 g/mol. The smallest absolute Gasteiger partial charge is 0.149 e. The molecule has 0 unspecified atom stereocenters. The van der Waals surface area contributed by atoms with Crippen molar-refractivity contribution in [2.75, 3.05) is 0 Å². The van der Waals surface area contributed by atoms with Crippen LogP contribution in [-0.2, 0) is 6.54 Å². The third-order valence-electron chi connectivity index (χ3n) is 1.61. The molecule has 0 aliphatic heterocycles. The molecule has 0 amide bonds. The van der Waals surface area contributed by atoms with Crippen molar-refractivity contribution in [2.24, 2.45) is 11.7 Å². The summed E-state index contributed by atoms with van der Waals surface area (Å²) >= 11 is 0. The van der Waals surface area contributed by atoms with E-state index in [0.717, 1.165) is 12.4 Å².